The monoisotopic (exact) mass is 255 g/mol. The van der Waals surface area contributed by atoms with Gasteiger partial charge in [0.15, 0.2) is 5.82 Å². The molecule has 0 spiro atoms. The minimum absolute atomic E-state index is 0.276. The molecule has 17 heavy (non-hydrogen) atoms. The second kappa shape index (κ2) is 6.40. The zero-order chi connectivity index (χ0) is 12.1. The first-order chi connectivity index (χ1) is 8.29. The number of aromatic nitrogens is 2. The van der Waals surface area contributed by atoms with Crippen molar-refractivity contribution in [2.45, 2.75) is 56.6 Å². The lowest BCUT2D eigenvalue weighted by Gasteiger charge is -2.19. The van der Waals surface area contributed by atoms with E-state index >= 15 is 0 Å². The Labute approximate surface area is 107 Å². The van der Waals surface area contributed by atoms with Gasteiger partial charge in [0.2, 0.25) is 5.89 Å². The highest BCUT2D eigenvalue weighted by Crippen LogP contribution is 2.23. The van der Waals surface area contributed by atoms with E-state index in [-0.39, 0.29) is 6.04 Å². The van der Waals surface area contributed by atoms with Gasteiger partial charge in [-0.25, -0.2) is 0 Å². The van der Waals surface area contributed by atoms with Crippen LogP contribution in [-0.4, -0.2) is 21.9 Å². The van der Waals surface area contributed by atoms with E-state index < -0.39 is 0 Å². The third-order valence-corrected chi connectivity index (χ3v) is 4.49. The van der Waals surface area contributed by atoms with Crippen molar-refractivity contribution in [1.29, 1.82) is 0 Å². The molecule has 0 aromatic carbocycles. The second-order valence-electron chi connectivity index (χ2n) is 4.58. The van der Waals surface area contributed by atoms with Crippen LogP contribution in [0.4, 0.5) is 0 Å². The van der Waals surface area contributed by atoms with Gasteiger partial charge in [0.25, 0.3) is 0 Å². The summed E-state index contributed by atoms with van der Waals surface area (Å²) in [5.74, 6) is 2.45. The Morgan fingerprint density at radius 1 is 1.53 bits per heavy atom. The molecular weight excluding hydrogens is 234 g/mol. The van der Waals surface area contributed by atoms with Crippen LogP contribution in [0.3, 0.4) is 0 Å². The lowest BCUT2D eigenvalue weighted by molar-refractivity contribution is 0.296. The van der Waals surface area contributed by atoms with Crippen LogP contribution in [0.1, 0.15) is 57.3 Å². The highest BCUT2D eigenvalue weighted by atomic mass is 32.2. The van der Waals surface area contributed by atoms with E-state index in [9.17, 15) is 0 Å². The first-order valence-corrected chi connectivity index (χ1v) is 7.52. The van der Waals surface area contributed by atoms with Crippen molar-refractivity contribution in [2.75, 3.05) is 6.54 Å². The molecule has 5 heteroatoms. The topological polar surface area (TPSA) is 51.0 Å². The lowest BCUT2D eigenvalue weighted by atomic mass is 10.1. The van der Waals surface area contributed by atoms with Crippen molar-refractivity contribution in [2.24, 2.45) is 0 Å². The molecule has 0 aliphatic carbocycles. The molecule has 2 rings (SSSR count). The number of rotatable bonds is 5. The molecule has 1 aliphatic heterocycles. The summed E-state index contributed by atoms with van der Waals surface area (Å²) in [7, 11) is 0. The summed E-state index contributed by atoms with van der Waals surface area (Å²) in [4.78, 5) is 4.48. The Morgan fingerprint density at radius 2 is 2.41 bits per heavy atom. The fraction of sp³-hybridized carbons (Fsp3) is 0.833. The molecule has 2 heterocycles. The Bertz CT molecular complexity index is 336. The van der Waals surface area contributed by atoms with Crippen molar-refractivity contribution in [3.05, 3.63) is 11.7 Å². The molecule has 2 unspecified atom stereocenters. The van der Waals surface area contributed by atoms with Crippen molar-refractivity contribution < 1.29 is 4.52 Å². The smallest absolute Gasteiger partial charge is 0.243 e. The molecule has 1 fully saturated rings. The molecule has 1 aliphatic rings. The van der Waals surface area contributed by atoms with Crippen LogP contribution in [0.5, 0.6) is 0 Å². The molecule has 0 bridgehead atoms. The van der Waals surface area contributed by atoms with Crippen molar-refractivity contribution in [3.63, 3.8) is 0 Å². The largest absolute Gasteiger partial charge is 0.338 e. The van der Waals surface area contributed by atoms with Crippen LogP contribution < -0.4 is 5.32 Å². The van der Waals surface area contributed by atoms with Crippen LogP contribution in [0, 0.1) is 0 Å². The van der Waals surface area contributed by atoms with Crippen LogP contribution in [0.25, 0.3) is 0 Å². The summed E-state index contributed by atoms with van der Waals surface area (Å²) >= 11 is 1.88. The van der Waals surface area contributed by atoms with E-state index in [0.717, 1.165) is 30.4 Å². The van der Waals surface area contributed by atoms with E-state index in [4.69, 9.17) is 4.52 Å². The van der Waals surface area contributed by atoms with E-state index in [1.54, 1.807) is 0 Å². The summed E-state index contributed by atoms with van der Waals surface area (Å²) in [6.07, 6.45) is 4.79. The Hall–Kier alpha value is -0.550. The Kier molecular flexibility index (Phi) is 4.86. The van der Waals surface area contributed by atoms with Crippen LogP contribution >= 0.6 is 11.8 Å². The van der Waals surface area contributed by atoms with Crippen molar-refractivity contribution >= 4 is 11.8 Å². The summed E-state index contributed by atoms with van der Waals surface area (Å²) in [5.41, 5.74) is 0. The van der Waals surface area contributed by atoms with E-state index in [1.165, 1.54) is 19.3 Å². The quantitative estimate of drug-likeness (QED) is 0.876. The van der Waals surface area contributed by atoms with Gasteiger partial charge in [-0.2, -0.15) is 16.7 Å². The molecule has 1 aromatic rings. The summed E-state index contributed by atoms with van der Waals surface area (Å²) in [6.45, 7) is 5.49. The maximum atomic E-state index is 5.33. The van der Waals surface area contributed by atoms with Gasteiger partial charge in [-0.15, -0.1) is 0 Å². The Morgan fingerprint density at radius 3 is 3.12 bits per heavy atom. The molecular formula is C12H21N3OS. The first-order valence-electron chi connectivity index (χ1n) is 6.47. The predicted molar refractivity (Wildman–Crippen MR) is 69.9 cm³/mol. The average molecular weight is 255 g/mol. The normalized spacial score (nSPS) is 22.6. The van der Waals surface area contributed by atoms with Gasteiger partial charge in [0.05, 0.1) is 11.8 Å². The van der Waals surface area contributed by atoms with Crippen LogP contribution in [-0.2, 0) is 5.75 Å². The van der Waals surface area contributed by atoms with Crippen LogP contribution in [0.2, 0.25) is 0 Å². The van der Waals surface area contributed by atoms with Gasteiger partial charge in [-0.05, 0) is 25.8 Å². The lowest BCUT2D eigenvalue weighted by Crippen LogP contribution is -2.26. The number of hydrogen-bond donors (Lipinski definition) is 1. The van der Waals surface area contributed by atoms with Crippen molar-refractivity contribution in [1.82, 2.24) is 15.5 Å². The molecule has 0 amide bonds. The molecule has 4 nitrogen and oxygen atoms in total. The van der Waals surface area contributed by atoms with Crippen molar-refractivity contribution in [3.8, 4) is 0 Å². The van der Waals surface area contributed by atoms with Gasteiger partial charge in [-0.1, -0.05) is 25.4 Å². The molecule has 0 radical (unpaired) electrons. The molecule has 1 aromatic heterocycles. The second-order valence-corrected chi connectivity index (χ2v) is 6.01. The number of nitrogens with zero attached hydrogens (tertiary/aromatic N) is 2. The third kappa shape index (κ3) is 3.71. The minimum Gasteiger partial charge on any atom is -0.338 e. The van der Waals surface area contributed by atoms with Gasteiger partial charge in [-0.3, -0.25) is 0 Å². The maximum absolute atomic E-state index is 5.33. The zero-order valence-corrected chi connectivity index (χ0v) is 11.4. The molecule has 96 valence electrons. The summed E-state index contributed by atoms with van der Waals surface area (Å²) < 4.78 is 5.33. The predicted octanol–water partition coefficient (Wildman–Crippen LogP) is 2.92. The zero-order valence-electron chi connectivity index (χ0n) is 10.6. The number of thioether (sulfide) groups is 1. The summed E-state index contributed by atoms with van der Waals surface area (Å²) in [6, 6.07) is 0.276. The highest BCUT2D eigenvalue weighted by molar-refractivity contribution is 7.99. The van der Waals surface area contributed by atoms with E-state index in [0.29, 0.717) is 5.25 Å². The number of hydrogen-bond acceptors (Lipinski definition) is 5. The highest BCUT2D eigenvalue weighted by Gasteiger charge is 2.20. The average Bonchev–Trinajstić information content (AvgIpc) is 2.86. The first kappa shape index (κ1) is 12.9. The molecule has 1 N–H and O–H groups in total. The Balaban J connectivity index is 1.86. The molecule has 1 saturated heterocycles. The van der Waals surface area contributed by atoms with Crippen LogP contribution in [0.15, 0.2) is 4.52 Å². The third-order valence-electron chi connectivity index (χ3n) is 3.16. The van der Waals surface area contributed by atoms with Gasteiger partial charge < -0.3 is 9.84 Å². The molecule has 2 atom stereocenters. The van der Waals surface area contributed by atoms with Gasteiger partial charge in [0, 0.05) is 5.25 Å². The van der Waals surface area contributed by atoms with E-state index in [1.807, 2.05) is 11.8 Å². The van der Waals surface area contributed by atoms with Gasteiger partial charge >= 0.3 is 0 Å². The maximum Gasteiger partial charge on any atom is 0.243 e. The fourth-order valence-electron chi connectivity index (χ4n) is 1.86. The standard InChI is InChI=1S/C12H21N3OS/c1-3-9(2)17-8-11-14-12(16-15-11)10-6-4-5-7-13-10/h9-10,13H,3-8H2,1-2H3. The fourth-order valence-corrected chi connectivity index (χ4v) is 2.65. The van der Waals surface area contributed by atoms with Gasteiger partial charge in [0.1, 0.15) is 0 Å². The SMILES string of the molecule is CCC(C)SCc1noc(C2CCCCN2)n1. The summed E-state index contributed by atoms with van der Waals surface area (Å²) in [5, 5.41) is 8.13. The number of piperidine rings is 1. The number of nitrogens with one attached hydrogen (secondary N) is 1. The van der Waals surface area contributed by atoms with E-state index in [2.05, 4.69) is 29.3 Å². The minimum atomic E-state index is 0.276. The molecule has 0 saturated carbocycles.